The molecule has 1 amide bonds. The van der Waals surface area contributed by atoms with Crippen LogP contribution in [-0.2, 0) is 15.8 Å². The van der Waals surface area contributed by atoms with E-state index in [9.17, 15) is 27.2 Å². The van der Waals surface area contributed by atoms with Crippen molar-refractivity contribution in [3.63, 3.8) is 0 Å². The Hall–Kier alpha value is -3.42. The summed E-state index contributed by atoms with van der Waals surface area (Å²) in [7, 11) is 0. The normalized spacial score (nSPS) is 20.1. The van der Waals surface area contributed by atoms with Crippen molar-refractivity contribution >= 4 is 17.4 Å². The smallest absolute Gasteiger partial charge is 0.362 e. The van der Waals surface area contributed by atoms with E-state index < -0.39 is 29.4 Å². The van der Waals surface area contributed by atoms with Crippen LogP contribution in [-0.4, -0.2) is 11.7 Å². The average Bonchev–Trinajstić information content (AvgIpc) is 2.72. The van der Waals surface area contributed by atoms with Crippen molar-refractivity contribution in [3.8, 4) is 0 Å². The van der Waals surface area contributed by atoms with Crippen molar-refractivity contribution in [1.82, 2.24) is 5.32 Å². The quantitative estimate of drug-likeness (QED) is 0.532. The molecule has 0 aromatic heterocycles. The predicted octanol–water partition coefficient (Wildman–Crippen LogP) is 6.09. The fourth-order valence-corrected chi connectivity index (χ4v) is 4.79. The summed E-state index contributed by atoms with van der Waals surface area (Å²) < 4.78 is 55.3. The summed E-state index contributed by atoms with van der Waals surface area (Å²) in [4.78, 5) is 26.7. The Morgan fingerprint density at radius 2 is 1.71 bits per heavy atom. The van der Waals surface area contributed by atoms with Gasteiger partial charge < -0.3 is 10.6 Å². The lowest BCUT2D eigenvalue weighted by Gasteiger charge is -2.40. The summed E-state index contributed by atoms with van der Waals surface area (Å²) in [5, 5.41) is 5.76. The van der Waals surface area contributed by atoms with E-state index in [1.54, 1.807) is 6.92 Å². The largest absolute Gasteiger partial charge is 0.416 e. The molecule has 34 heavy (non-hydrogen) atoms. The highest BCUT2D eigenvalue weighted by Crippen LogP contribution is 2.49. The summed E-state index contributed by atoms with van der Waals surface area (Å²) >= 11 is 0. The molecule has 0 saturated carbocycles. The predicted molar refractivity (Wildman–Crippen MR) is 120 cm³/mol. The number of carbonyl (C=O) groups is 2. The fraction of sp³-hybridized carbons (Fsp3) is 0.308. The van der Waals surface area contributed by atoms with E-state index >= 15 is 0 Å². The van der Waals surface area contributed by atoms with Crippen molar-refractivity contribution in [2.24, 2.45) is 5.41 Å². The van der Waals surface area contributed by atoms with Gasteiger partial charge in [-0.25, -0.2) is 4.39 Å². The van der Waals surface area contributed by atoms with E-state index in [0.717, 1.165) is 6.07 Å². The molecule has 1 heterocycles. The van der Waals surface area contributed by atoms with Crippen molar-refractivity contribution in [1.29, 1.82) is 0 Å². The van der Waals surface area contributed by atoms with Gasteiger partial charge in [0.05, 0.1) is 5.56 Å². The molecule has 8 heteroatoms. The second kappa shape index (κ2) is 8.42. The standard InChI is InChI=1S/C26H24F4N2O2/c1-14-21(24(34)32-16-10-8-15(27)9-11-16)22(17-6-4-5-7-18(17)26(28,29)30)23-19(31-14)12-25(2,3)13-20(23)33/h4-11,22,31H,12-13H2,1-3H3,(H,32,34). The molecule has 1 aliphatic heterocycles. The van der Waals surface area contributed by atoms with Crippen LogP contribution < -0.4 is 10.6 Å². The number of amides is 1. The van der Waals surface area contributed by atoms with Crippen LogP contribution in [0.25, 0.3) is 0 Å². The van der Waals surface area contributed by atoms with Crippen LogP contribution in [0.1, 0.15) is 50.7 Å². The maximum atomic E-state index is 14.0. The summed E-state index contributed by atoms with van der Waals surface area (Å²) in [5.74, 6) is -2.64. The zero-order valence-corrected chi connectivity index (χ0v) is 18.9. The number of Topliss-reactive ketones (excluding diaryl/α,β-unsaturated/α-hetero) is 1. The molecular weight excluding hydrogens is 448 g/mol. The molecule has 1 aliphatic carbocycles. The van der Waals surface area contributed by atoms with Gasteiger partial charge in [-0.05, 0) is 54.7 Å². The number of benzene rings is 2. The van der Waals surface area contributed by atoms with Crippen molar-refractivity contribution in [2.45, 2.75) is 45.7 Å². The van der Waals surface area contributed by atoms with Gasteiger partial charge in [0.25, 0.3) is 5.91 Å². The topological polar surface area (TPSA) is 58.2 Å². The Bertz CT molecular complexity index is 1220. The maximum absolute atomic E-state index is 14.0. The molecule has 178 valence electrons. The summed E-state index contributed by atoms with van der Waals surface area (Å²) in [6.07, 6.45) is -4.06. The number of hydrogen-bond acceptors (Lipinski definition) is 3. The highest BCUT2D eigenvalue weighted by atomic mass is 19.4. The Balaban J connectivity index is 1.88. The molecule has 2 aromatic rings. The molecule has 2 aliphatic rings. The van der Waals surface area contributed by atoms with Crippen LogP contribution in [0.4, 0.5) is 23.2 Å². The third kappa shape index (κ3) is 4.49. The van der Waals surface area contributed by atoms with Gasteiger partial charge in [0.15, 0.2) is 5.78 Å². The van der Waals surface area contributed by atoms with Crippen LogP contribution >= 0.6 is 0 Å². The van der Waals surface area contributed by atoms with Gasteiger partial charge in [-0.3, -0.25) is 9.59 Å². The van der Waals surface area contributed by atoms with E-state index in [2.05, 4.69) is 10.6 Å². The lowest BCUT2D eigenvalue weighted by Crippen LogP contribution is -2.39. The molecule has 1 unspecified atom stereocenters. The van der Waals surface area contributed by atoms with E-state index in [4.69, 9.17) is 0 Å². The van der Waals surface area contributed by atoms with E-state index in [1.165, 1.54) is 42.5 Å². The highest BCUT2D eigenvalue weighted by Gasteiger charge is 2.45. The zero-order valence-electron chi connectivity index (χ0n) is 18.9. The molecule has 0 fully saturated rings. The molecule has 4 nitrogen and oxygen atoms in total. The summed E-state index contributed by atoms with van der Waals surface area (Å²) in [6, 6.07) is 10.1. The fourth-order valence-electron chi connectivity index (χ4n) is 4.79. The minimum absolute atomic E-state index is 0.0211. The van der Waals surface area contributed by atoms with Gasteiger partial charge in [-0.1, -0.05) is 32.0 Å². The number of halogens is 4. The van der Waals surface area contributed by atoms with Crippen molar-refractivity contribution in [2.75, 3.05) is 5.32 Å². The van der Waals surface area contributed by atoms with Crippen molar-refractivity contribution in [3.05, 3.63) is 88.0 Å². The van der Waals surface area contributed by atoms with Crippen LogP contribution in [0, 0.1) is 11.2 Å². The number of ketones is 1. The average molecular weight is 472 g/mol. The third-order valence-corrected chi connectivity index (χ3v) is 6.16. The monoisotopic (exact) mass is 472 g/mol. The zero-order chi connectivity index (χ0) is 24.8. The van der Waals surface area contributed by atoms with Crippen LogP contribution in [0.2, 0.25) is 0 Å². The van der Waals surface area contributed by atoms with E-state index in [1.807, 2.05) is 13.8 Å². The first-order valence-electron chi connectivity index (χ1n) is 10.8. The van der Waals surface area contributed by atoms with Gasteiger partial charge in [0, 0.05) is 40.6 Å². The summed E-state index contributed by atoms with van der Waals surface area (Å²) in [6.45, 7) is 5.45. The van der Waals surface area contributed by atoms with Gasteiger partial charge >= 0.3 is 6.18 Å². The number of allylic oxidation sites excluding steroid dienone is 3. The number of nitrogens with one attached hydrogen (secondary N) is 2. The van der Waals surface area contributed by atoms with Gasteiger partial charge in [0.2, 0.25) is 0 Å². The number of alkyl halides is 3. The maximum Gasteiger partial charge on any atom is 0.416 e. The van der Waals surface area contributed by atoms with Crippen molar-refractivity contribution < 1.29 is 27.2 Å². The minimum Gasteiger partial charge on any atom is -0.362 e. The second-order valence-electron chi connectivity index (χ2n) is 9.48. The Kier molecular flexibility index (Phi) is 5.87. The Labute approximate surface area is 194 Å². The lowest BCUT2D eigenvalue weighted by molar-refractivity contribution is -0.138. The van der Waals surface area contributed by atoms with E-state index in [-0.39, 0.29) is 40.0 Å². The molecule has 0 saturated heterocycles. The second-order valence-corrected chi connectivity index (χ2v) is 9.48. The number of hydrogen-bond donors (Lipinski definition) is 2. The highest BCUT2D eigenvalue weighted by molar-refractivity contribution is 6.10. The summed E-state index contributed by atoms with van der Waals surface area (Å²) in [5.41, 5.74) is -0.0217. The molecular formula is C26H24F4N2O2. The van der Waals surface area contributed by atoms with Gasteiger partial charge in [-0.2, -0.15) is 13.2 Å². The number of rotatable bonds is 3. The van der Waals surface area contributed by atoms with E-state index in [0.29, 0.717) is 17.8 Å². The molecule has 2 N–H and O–H groups in total. The van der Waals surface area contributed by atoms with Crippen LogP contribution in [0.5, 0.6) is 0 Å². The lowest BCUT2D eigenvalue weighted by atomic mass is 9.68. The number of dihydropyridines is 1. The molecule has 0 bridgehead atoms. The Morgan fingerprint density at radius 3 is 2.35 bits per heavy atom. The molecule has 2 aromatic carbocycles. The SMILES string of the molecule is CC1=C(C(=O)Nc2ccc(F)cc2)C(c2ccccc2C(F)(F)F)C2=C(CC(C)(C)CC2=O)N1. The third-order valence-electron chi connectivity index (χ3n) is 6.16. The van der Waals surface area contributed by atoms with Gasteiger partial charge in [-0.15, -0.1) is 0 Å². The first kappa shape index (κ1) is 23.7. The molecule has 1 atom stereocenters. The minimum atomic E-state index is -4.67. The Morgan fingerprint density at radius 1 is 1.06 bits per heavy atom. The first-order chi connectivity index (χ1) is 15.9. The number of anilines is 1. The van der Waals surface area contributed by atoms with Crippen LogP contribution in [0.3, 0.4) is 0 Å². The van der Waals surface area contributed by atoms with Crippen LogP contribution in [0.15, 0.2) is 71.1 Å². The first-order valence-corrected chi connectivity index (χ1v) is 10.8. The molecule has 4 rings (SSSR count). The van der Waals surface area contributed by atoms with Gasteiger partial charge in [0.1, 0.15) is 5.82 Å². The molecule has 0 spiro atoms. The number of carbonyl (C=O) groups excluding carboxylic acids is 2. The molecule has 0 radical (unpaired) electrons.